The molecule has 0 aliphatic carbocycles. The molecule has 8 nitrogen and oxygen atoms in total. The summed E-state index contributed by atoms with van der Waals surface area (Å²) in [5.74, 6) is -0.605. The first-order valence-electron chi connectivity index (χ1n) is 11.1. The molecule has 4 rings (SSSR count). The Bertz CT molecular complexity index is 1680. The number of amides is 1. The van der Waals surface area contributed by atoms with Crippen LogP contribution in [0.3, 0.4) is 0 Å². The van der Waals surface area contributed by atoms with Crippen molar-refractivity contribution in [2.24, 2.45) is 0 Å². The second kappa shape index (κ2) is 10.4. The normalized spacial score (nSPS) is 11.8. The highest BCUT2D eigenvalue weighted by Gasteiger charge is 2.22. The Labute approximate surface area is 221 Å². The van der Waals surface area contributed by atoms with E-state index in [1.807, 2.05) is 30.3 Å². The van der Waals surface area contributed by atoms with Crippen molar-refractivity contribution in [2.75, 3.05) is 27.1 Å². The van der Waals surface area contributed by atoms with Crippen LogP contribution in [-0.2, 0) is 24.8 Å². The van der Waals surface area contributed by atoms with Gasteiger partial charge < -0.3 is 5.32 Å². The van der Waals surface area contributed by atoms with Gasteiger partial charge in [-0.2, -0.15) is 0 Å². The van der Waals surface area contributed by atoms with Crippen molar-refractivity contribution in [1.82, 2.24) is 0 Å². The fourth-order valence-electron chi connectivity index (χ4n) is 3.70. The molecule has 0 atom stereocenters. The number of carbonyl (C=O) groups is 1. The lowest BCUT2D eigenvalue weighted by Gasteiger charge is -2.22. The maximum Gasteiger partial charge on any atom is 0.261 e. The lowest BCUT2D eigenvalue weighted by Crippen LogP contribution is -2.37. The van der Waals surface area contributed by atoms with Crippen molar-refractivity contribution >= 4 is 65.4 Å². The van der Waals surface area contributed by atoms with E-state index < -0.39 is 32.5 Å². The molecule has 0 aromatic heterocycles. The summed E-state index contributed by atoms with van der Waals surface area (Å²) in [6.07, 6.45) is 0.997. The molecule has 4 aromatic rings. The number of rotatable bonds is 8. The second-order valence-corrected chi connectivity index (χ2v) is 12.4. The maximum absolute atomic E-state index is 13.0. The number of sulfonamides is 2. The van der Waals surface area contributed by atoms with Crippen molar-refractivity contribution < 1.29 is 21.6 Å². The van der Waals surface area contributed by atoms with Crippen molar-refractivity contribution in [3.8, 4) is 0 Å². The van der Waals surface area contributed by atoms with Crippen LogP contribution in [0.4, 0.5) is 17.1 Å². The quantitative estimate of drug-likeness (QED) is 0.316. The standard InChI is InChI=1S/C26H24ClN3O5S2/c1-18-10-13-21(16-24(18)27)30(36(2,32)33)17-26(31)28-20-11-14-22(15-12-20)37(34,35)29-25-9-5-7-19-6-3-4-8-23(19)25/h3-16,29H,17H2,1-2H3,(H,28,31). The van der Waals surface area contributed by atoms with Gasteiger partial charge in [-0.05, 0) is 60.3 Å². The molecule has 0 spiro atoms. The number of benzene rings is 4. The molecule has 0 aliphatic heterocycles. The topological polar surface area (TPSA) is 113 Å². The minimum Gasteiger partial charge on any atom is -0.325 e. The highest BCUT2D eigenvalue weighted by atomic mass is 35.5. The fourth-order valence-corrected chi connectivity index (χ4v) is 5.81. The number of carbonyl (C=O) groups excluding carboxylic acids is 1. The van der Waals surface area contributed by atoms with Gasteiger partial charge in [-0.1, -0.05) is 54.1 Å². The van der Waals surface area contributed by atoms with Crippen molar-refractivity contribution in [3.05, 3.63) is 95.5 Å². The number of halogens is 1. The van der Waals surface area contributed by atoms with Crippen LogP contribution in [0.1, 0.15) is 5.56 Å². The van der Waals surface area contributed by atoms with E-state index in [1.54, 1.807) is 31.2 Å². The van der Waals surface area contributed by atoms with Gasteiger partial charge in [-0.3, -0.25) is 13.8 Å². The lowest BCUT2D eigenvalue weighted by atomic mass is 10.1. The van der Waals surface area contributed by atoms with Crippen LogP contribution in [0.25, 0.3) is 10.8 Å². The van der Waals surface area contributed by atoms with Gasteiger partial charge >= 0.3 is 0 Å². The predicted molar refractivity (Wildman–Crippen MR) is 148 cm³/mol. The Morgan fingerprint density at radius 1 is 0.892 bits per heavy atom. The van der Waals surface area contributed by atoms with Crippen molar-refractivity contribution in [3.63, 3.8) is 0 Å². The van der Waals surface area contributed by atoms with E-state index >= 15 is 0 Å². The first-order valence-corrected chi connectivity index (χ1v) is 14.8. The van der Waals surface area contributed by atoms with Gasteiger partial charge in [0, 0.05) is 16.1 Å². The molecule has 0 fully saturated rings. The van der Waals surface area contributed by atoms with Gasteiger partial charge in [0.15, 0.2) is 0 Å². The summed E-state index contributed by atoms with van der Waals surface area (Å²) in [5.41, 5.74) is 1.79. The lowest BCUT2D eigenvalue weighted by molar-refractivity contribution is -0.114. The molecule has 1 amide bonds. The minimum atomic E-state index is -3.89. The van der Waals surface area contributed by atoms with E-state index in [0.29, 0.717) is 16.4 Å². The predicted octanol–water partition coefficient (Wildman–Crippen LogP) is 5.01. The number of hydrogen-bond acceptors (Lipinski definition) is 5. The monoisotopic (exact) mass is 557 g/mol. The molecular weight excluding hydrogens is 534 g/mol. The van der Waals surface area contributed by atoms with Crippen LogP contribution in [-0.4, -0.2) is 35.5 Å². The largest absolute Gasteiger partial charge is 0.325 e. The Morgan fingerprint density at radius 2 is 1.57 bits per heavy atom. The molecule has 11 heteroatoms. The molecule has 0 heterocycles. The van der Waals surface area contributed by atoms with Gasteiger partial charge in [-0.15, -0.1) is 0 Å². The molecule has 0 saturated heterocycles. The van der Waals surface area contributed by atoms with Crippen LogP contribution in [0.15, 0.2) is 89.8 Å². The number of hydrogen-bond donors (Lipinski definition) is 2. The van der Waals surface area contributed by atoms with Crippen LogP contribution in [0.5, 0.6) is 0 Å². The van der Waals surface area contributed by atoms with Crippen molar-refractivity contribution in [1.29, 1.82) is 0 Å². The van der Waals surface area contributed by atoms with E-state index in [0.717, 1.165) is 26.9 Å². The SMILES string of the molecule is Cc1ccc(N(CC(=O)Nc2ccc(S(=O)(=O)Nc3cccc4ccccc34)cc2)S(C)(=O)=O)cc1Cl. The number of nitrogens with one attached hydrogen (secondary N) is 2. The maximum atomic E-state index is 13.0. The molecule has 0 aliphatic rings. The summed E-state index contributed by atoms with van der Waals surface area (Å²) < 4.78 is 54.1. The molecule has 37 heavy (non-hydrogen) atoms. The molecule has 192 valence electrons. The molecule has 0 bridgehead atoms. The van der Waals surface area contributed by atoms with Gasteiger partial charge in [0.25, 0.3) is 10.0 Å². The highest BCUT2D eigenvalue weighted by molar-refractivity contribution is 7.92. The molecule has 0 unspecified atom stereocenters. The average Bonchev–Trinajstić information content (AvgIpc) is 2.84. The first kappa shape index (κ1) is 26.5. The first-order chi connectivity index (χ1) is 17.4. The van der Waals surface area contributed by atoms with E-state index in [9.17, 15) is 21.6 Å². The van der Waals surface area contributed by atoms with Crippen LogP contribution in [0.2, 0.25) is 5.02 Å². The average molecular weight is 558 g/mol. The van der Waals surface area contributed by atoms with Gasteiger partial charge in [0.05, 0.1) is 22.5 Å². The number of anilines is 3. The number of fused-ring (bicyclic) bond motifs is 1. The molecule has 0 radical (unpaired) electrons. The Balaban J connectivity index is 1.48. The van der Waals surface area contributed by atoms with Crippen LogP contribution in [0, 0.1) is 6.92 Å². The Kier molecular flexibility index (Phi) is 7.44. The molecule has 2 N–H and O–H groups in total. The summed E-state index contributed by atoms with van der Waals surface area (Å²) in [5, 5.41) is 4.64. The minimum absolute atomic E-state index is 0.00509. The summed E-state index contributed by atoms with van der Waals surface area (Å²) in [6, 6.07) is 23.1. The van der Waals surface area contributed by atoms with Crippen LogP contribution < -0.4 is 14.3 Å². The highest BCUT2D eigenvalue weighted by Crippen LogP contribution is 2.27. The summed E-state index contributed by atoms with van der Waals surface area (Å²) in [7, 11) is -7.67. The van der Waals surface area contributed by atoms with E-state index in [4.69, 9.17) is 11.6 Å². The summed E-state index contributed by atoms with van der Waals surface area (Å²) >= 11 is 6.13. The zero-order valence-electron chi connectivity index (χ0n) is 20.0. The second-order valence-electron chi connectivity index (χ2n) is 8.41. The Hall–Kier alpha value is -3.60. The molecular formula is C26H24ClN3O5S2. The summed E-state index contributed by atoms with van der Waals surface area (Å²) in [6.45, 7) is 1.30. The number of nitrogens with zero attached hydrogens (tertiary/aromatic N) is 1. The number of aryl methyl sites for hydroxylation is 1. The van der Waals surface area contributed by atoms with Gasteiger partial charge in [0.2, 0.25) is 15.9 Å². The third-order valence-electron chi connectivity index (χ3n) is 5.61. The fraction of sp³-hybridized carbons (Fsp3) is 0.115. The van der Waals surface area contributed by atoms with Gasteiger partial charge in [0.1, 0.15) is 6.54 Å². The molecule has 0 saturated carbocycles. The van der Waals surface area contributed by atoms with Crippen LogP contribution >= 0.6 is 11.6 Å². The van der Waals surface area contributed by atoms with E-state index in [2.05, 4.69) is 10.0 Å². The van der Waals surface area contributed by atoms with E-state index in [-0.39, 0.29) is 10.6 Å². The molecule has 4 aromatic carbocycles. The zero-order chi connectivity index (χ0) is 26.8. The Morgan fingerprint density at radius 3 is 2.24 bits per heavy atom. The third-order valence-corrected chi connectivity index (χ3v) is 8.54. The third kappa shape index (κ3) is 6.22. The summed E-state index contributed by atoms with van der Waals surface area (Å²) in [4.78, 5) is 12.7. The van der Waals surface area contributed by atoms with Gasteiger partial charge in [-0.25, -0.2) is 16.8 Å². The van der Waals surface area contributed by atoms with E-state index in [1.165, 1.54) is 30.3 Å². The van der Waals surface area contributed by atoms with Crippen molar-refractivity contribution in [2.45, 2.75) is 11.8 Å². The smallest absolute Gasteiger partial charge is 0.261 e. The zero-order valence-corrected chi connectivity index (χ0v) is 22.4.